The van der Waals surface area contributed by atoms with Crippen molar-refractivity contribution in [2.75, 3.05) is 19.0 Å². The molecule has 2 aromatic rings. The molecule has 9 heteroatoms. The molecular weight excluding hydrogens is 364 g/mol. The van der Waals surface area contributed by atoms with Crippen molar-refractivity contribution in [3.05, 3.63) is 11.9 Å². The number of carbonyl (C=O) groups is 1. The highest BCUT2D eigenvalue weighted by Gasteiger charge is 2.45. The van der Waals surface area contributed by atoms with Crippen LogP contribution in [0.1, 0.15) is 39.3 Å². The van der Waals surface area contributed by atoms with Crippen LogP contribution in [0, 0.1) is 5.92 Å². The molecule has 0 atom stereocenters. The second-order valence-corrected chi connectivity index (χ2v) is 8.93. The minimum atomic E-state index is -0.571. The number of fused-ring (bicyclic) bond motifs is 1. The summed E-state index contributed by atoms with van der Waals surface area (Å²) in [5, 5.41) is 3.01. The van der Waals surface area contributed by atoms with Crippen LogP contribution in [0.4, 0.5) is 9.93 Å². The Morgan fingerprint density at radius 3 is 2.80 bits per heavy atom. The van der Waals surface area contributed by atoms with Gasteiger partial charge in [0, 0.05) is 13.7 Å². The largest absolute Gasteiger partial charge is 0.444 e. The smallest absolute Gasteiger partial charge is 0.413 e. The van der Waals surface area contributed by atoms with Crippen LogP contribution in [0.2, 0.25) is 0 Å². The third kappa shape index (κ3) is 4.19. The molecule has 1 amide bonds. The zero-order valence-corrected chi connectivity index (χ0v) is 16.2. The molecule has 136 valence electrons. The van der Waals surface area contributed by atoms with Crippen LogP contribution in [0.3, 0.4) is 0 Å². The topological polar surface area (TPSA) is 86.2 Å². The molecule has 1 aliphatic carbocycles. The first-order valence-electron chi connectivity index (χ1n) is 8.00. The molecule has 3 rings (SSSR count). The fourth-order valence-corrected chi connectivity index (χ4v) is 4.11. The van der Waals surface area contributed by atoms with Gasteiger partial charge in [0.25, 0.3) is 0 Å². The molecule has 2 heterocycles. The molecule has 0 aromatic carbocycles. The average molecular weight is 385 g/mol. The highest BCUT2D eigenvalue weighted by Crippen LogP contribution is 2.50. The van der Waals surface area contributed by atoms with Gasteiger partial charge in [-0.3, -0.25) is 5.32 Å². The zero-order chi connectivity index (χ0) is 18.2. The molecule has 0 saturated heterocycles. The molecule has 0 aliphatic heterocycles. The summed E-state index contributed by atoms with van der Waals surface area (Å²) in [6, 6.07) is 0. The minimum Gasteiger partial charge on any atom is -0.444 e. The summed E-state index contributed by atoms with van der Waals surface area (Å²) in [5.41, 5.74) is 0.646. The Hall–Kier alpha value is -1.51. The van der Waals surface area contributed by atoms with Crippen molar-refractivity contribution < 1.29 is 14.3 Å². The number of halogens is 1. The Morgan fingerprint density at radius 1 is 1.44 bits per heavy atom. The monoisotopic (exact) mass is 384 g/mol. The number of anilines is 1. The highest BCUT2D eigenvalue weighted by atomic mass is 35.5. The van der Waals surface area contributed by atoms with Gasteiger partial charge in [-0.15, -0.1) is 11.6 Å². The van der Waals surface area contributed by atoms with E-state index in [4.69, 9.17) is 21.1 Å². The standard InChI is InChI=1S/C16H21ClN4O3S/c1-15(2,3)24-14(22)21-13-20-11-12(25-13)19-10(7-18-11)16(17)5-9(6-16)8-23-4/h7,9H,5-6,8H2,1-4H3,(H,18,20,21,22). The van der Waals surface area contributed by atoms with E-state index < -0.39 is 16.6 Å². The van der Waals surface area contributed by atoms with Crippen molar-refractivity contribution in [1.82, 2.24) is 15.0 Å². The molecule has 25 heavy (non-hydrogen) atoms. The summed E-state index contributed by atoms with van der Waals surface area (Å²) in [7, 11) is 1.69. The fraction of sp³-hybridized carbons (Fsp3) is 0.625. The first-order chi connectivity index (χ1) is 11.7. The predicted octanol–water partition coefficient (Wildman–Crippen LogP) is 3.92. The van der Waals surface area contributed by atoms with Gasteiger partial charge < -0.3 is 9.47 Å². The summed E-state index contributed by atoms with van der Waals surface area (Å²) in [6.45, 7) is 6.11. The lowest BCUT2D eigenvalue weighted by Gasteiger charge is -2.41. The van der Waals surface area contributed by atoms with E-state index in [0.717, 1.165) is 18.5 Å². The second-order valence-electron chi connectivity index (χ2n) is 7.22. The number of nitrogens with zero attached hydrogens (tertiary/aromatic N) is 3. The maximum absolute atomic E-state index is 11.8. The van der Waals surface area contributed by atoms with Gasteiger partial charge in [0.2, 0.25) is 0 Å². The van der Waals surface area contributed by atoms with Gasteiger partial charge in [-0.05, 0) is 39.5 Å². The van der Waals surface area contributed by atoms with Crippen molar-refractivity contribution in [3.63, 3.8) is 0 Å². The molecule has 1 N–H and O–H groups in total. The van der Waals surface area contributed by atoms with Crippen LogP contribution >= 0.6 is 22.9 Å². The first kappa shape index (κ1) is 18.3. The van der Waals surface area contributed by atoms with Gasteiger partial charge in [0.15, 0.2) is 15.6 Å². The number of hydrogen-bond acceptors (Lipinski definition) is 7. The van der Waals surface area contributed by atoms with Crippen molar-refractivity contribution >= 4 is 44.6 Å². The molecular formula is C16H21ClN4O3S. The lowest BCUT2D eigenvalue weighted by molar-refractivity contribution is 0.0636. The molecule has 2 aromatic heterocycles. The summed E-state index contributed by atoms with van der Waals surface area (Å²) in [4.78, 5) is 25.2. The van der Waals surface area contributed by atoms with E-state index in [2.05, 4.69) is 20.3 Å². The first-order valence-corrected chi connectivity index (χ1v) is 9.20. The molecule has 7 nitrogen and oxygen atoms in total. The van der Waals surface area contributed by atoms with Crippen molar-refractivity contribution in [3.8, 4) is 0 Å². The number of amides is 1. The van der Waals surface area contributed by atoms with Gasteiger partial charge in [-0.2, -0.15) is 4.98 Å². The summed E-state index contributed by atoms with van der Waals surface area (Å²) in [5.74, 6) is 0.450. The molecule has 0 unspecified atom stereocenters. The lowest BCUT2D eigenvalue weighted by Crippen LogP contribution is -2.39. The van der Waals surface area contributed by atoms with Crippen LogP contribution in [0.25, 0.3) is 10.5 Å². The third-order valence-corrected chi connectivity index (χ3v) is 5.17. The number of thiazole rings is 1. The number of carbonyl (C=O) groups excluding carboxylic acids is 1. The van der Waals surface area contributed by atoms with E-state index in [0.29, 0.717) is 28.1 Å². The zero-order valence-electron chi connectivity index (χ0n) is 14.6. The Balaban J connectivity index is 1.73. The number of alkyl halides is 1. The minimum absolute atomic E-state index is 0.399. The molecule has 0 radical (unpaired) electrons. The normalized spacial score (nSPS) is 23.3. The maximum Gasteiger partial charge on any atom is 0.413 e. The second kappa shape index (κ2) is 6.66. The van der Waals surface area contributed by atoms with Crippen LogP contribution in [-0.2, 0) is 14.3 Å². The Morgan fingerprint density at radius 2 is 2.16 bits per heavy atom. The SMILES string of the molecule is COCC1CC(Cl)(c2cnc3nc(NC(=O)OC(C)(C)C)sc3n2)C1. The average Bonchev–Trinajstić information content (AvgIpc) is 2.84. The van der Waals surface area contributed by atoms with Gasteiger partial charge in [-0.1, -0.05) is 11.3 Å². The van der Waals surface area contributed by atoms with E-state index in [-0.39, 0.29) is 0 Å². The van der Waals surface area contributed by atoms with Gasteiger partial charge in [0.1, 0.15) is 5.60 Å². The highest BCUT2D eigenvalue weighted by molar-refractivity contribution is 7.21. The van der Waals surface area contributed by atoms with E-state index in [9.17, 15) is 4.79 Å². The van der Waals surface area contributed by atoms with Crippen molar-refractivity contribution in [1.29, 1.82) is 0 Å². The van der Waals surface area contributed by atoms with Crippen LogP contribution in [-0.4, -0.2) is 40.4 Å². The number of hydrogen-bond donors (Lipinski definition) is 1. The maximum atomic E-state index is 11.8. The van der Waals surface area contributed by atoms with E-state index in [1.807, 2.05) is 0 Å². The number of aromatic nitrogens is 3. The summed E-state index contributed by atoms with van der Waals surface area (Å²) in [6.07, 6.45) is 2.73. The van der Waals surface area contributed by atoms with Crippen molar-refractivity contribution in [2.45, 2.75) is 44.1 Å². The van der Waals surface area contributed by atoms with Crippen LogP contribution in [0.5, 0.6) is 0 Å². The Bertz CT molecular complexity index is 783. The third-order valence-electron chi connectivity index (χ3n) is 3.82. The molecule has 1 aliphatic rings. The van der Waals surface area contributed by atoms with E-state index >= 15 is 0 Å². The lowest BCUT2D eigenvalue weighted by atomic mass is 9.73. The predicted molar refractivity (Wildman–Crippen MR) is 97.2 cm³/mol. The fourth-order valence-electron chi connectivity index (χ4n) is 2.80. The van der Waals surface area contributed by atoms with Gasteiger partial charge in [-0.25, -0.2) is 14.8 Å². The van der Waals surface area contributed by atoms with Crippen LogP contribution < -0.4 is 5.32 Å². The number of methoxy groups -OCH3 is 1. The number of nitrogens with one attached hydrogen (secondary N) is 1. The Labute approximate surface area is 155 Å². The van der Waals surface area contributed by atoms with Gasteiger partial charge >= 0.3 is 6.09 Å². The quantitative estimate of drug-likeness (QED) is 0.804. The van der Waals surface area contributed by atoms with Gasteiger partial charge in [0.05, 0.1) is 16.8 Å². The molecule has 0 spiro atoms. The molecule has 0 bridgehead atoms. The van der Waals surface area contributed by atoms with E-state index in [1.54, 1.807) is 34.1 Å². The van der Waals surface area contributed by atoms with Crippen LogP contribution in [0.15, 0.2) is 6.20 Å². The molecule has 1 saturated carbocycles. The summed E-state index contributed by atoms with van der Waals surface area (Å²) >= 11 is 7.91. The summed E-state index contributed by atoms with van der Waals surface area (Å²) < 4.78 is 10.4. The van der Waals surface area contributed by atoms with Crippen molar-refractivity contribution in [2.24, 2.45) is 5.92 Å². The van der Waals surface area contributed by atoms with E-state index in [1.165, 1.54) is 11.3 Å². The Kier molecular flexibility index (Phi) is 4.87. The number of ether oxygens (including phenoxy) is 2. The number of rotatable bonds is 4. The molecule has 1 fully saturated rings.